The molecule has 2 aliphatic rings. The van der Waals surface area contributed by atoms with Crippen LogP contribution in [0.4, 0.5) is 16.2 Å². The maximum Gasteiger partial charge on any atom is 0.317 e. The van der Waals surface area contributed by atoms with Gasteiger partial charge in [-0.1, -0.05) is 49.4 Å². The van der Waals surface area contributed by atoms with E-state index in [0.29, 0.717) is 5.56 Å². The van der Waals surface area contributed by atoms with E-state index in [2.05, 4.69) is 58.9 Å². The predicted molar refractivity (Wildman–Crippen MR) is 140 cm³/mol. The number of piperidine rings is 1. The monoisotopic (exact) mass is 468 g/mol. The summed E-state index contributed by atoms with van der Waals surface area (Å²) in [5.74, 6) is 0.0384. The number of hydrogen-bond donors (Lipinski definition) is 2. The third kappa shape index (κ3) is 4.48. The standard InChI is InChI=1S/C29H32N4O2/c1-19-23-11-7-8-12-24(23)27-18-22(31-29(35)32(2)3)15-16-33(27)26-14-13-20(17-25(19)26)28(34)30-21-9-5-4-6-10-21/h4-14,17,19,22,27H,15-16,18H2,1-3H3,(H,30,34)(H,31,35)/t19-,22-,27-/m1/s1. The maximum absolute atomic E-state index is 13.1. The molecule has 0 spiro atoms. The van der Waals surface area contributed by atoms with Crippen molar-refractivity contribution in [1.82, 2.24) is 10.2 Å². The van der Waals surface area contributed by atoms with E-state index in [0.717, 1.165) is 30.6 Å². The molecule has 180 valence electrons. The second kappa shape index (κ2) is 9.45. The lowest BCUT2D eigenvalue weighted by Crippen LogP contribution is -2.48. The van der Waals surface area contributed by atoms with Crippen LogP contribution in [0, 0.1) is 0 Å². The van der Waals surface area contributed by atoms with Crippen molar-refractivity contribution in [3.8, 4) is 0 Å². The van der Waals surface area contributed by atoms with E-state index in [9.17, 15) is 9.59 Å². The first-order chi connectivity index (χ1) is 16.9. The number of nitrogens with zero attached hydrogens (tertiary/aromatic N) is 2. The molecule has 3 aromatic carbocycles. The molecular formula is C29H32N4O2. The minimum Gasteiger partial charge on any atom is -0.364 e. The largest absolute Gasteiger partial charge is 0.364 e. The zero-order valence-corrected chi connectivity index (χ0v) is 20.5. The summed E-state index contributed by atoms with van der Waals surface area (Å²) >= 11 is 0. The highest BCUT2D eigenvalue weighted by atomic mass is 16.2. The summed E-state index contributed by atoms with van der Waals surface area (Å²) in [6.45, 7) is 3.06. The molecule has 0 aromatic heterocycles. The quantitative estimate of drug-likeness (QED) is 0.542. The summed E-state index contributed by atoms with van der Waals surface area (Å²) in [6.07, 6.45) is 1.72. The summed E-state index contributed by atoms with van der Waals surface area (Å²) in [5.41, 5.74) is 6.36. The van der Waals surface area contributed by atoms with Gasteiger partial charge in [0, 0.05) is 49.5 Å². The third-order valence-electron chi connectivity index (χ3n) is 7.26. The summed E-state index contributed by atoms with van der Waals surface area (Å²) in [6, 6.07) is 24.5. The van der Waals surface area contributed by atoms with E-state index in [1.54, 1.807) is 19.0 Å². The molecule has 2 heterocycles. The van der Waals surface area contributed by atoms with Gasteiger partial charge < -0.3 is 20.4 Å². The van der Waals surface area contributed by atoms with Crippen molar-refractivity contribution in [2.75, 3.05) is 30.9 Å². The molecule has 1 saturated heterocycles. The number of anilines is 2. The average Bonchev–Trinajstić information content (AvgIpc) is 2.97. The molecular weight excluding hydrogens is 436 g/mol. The van der Waals surface area contributed by atoms with Crippen molar-refractivity contribution in [2.24, 2.45) is 0 Å². The van der Waals surface area contributed by atoms with Gasteiger partial charge in [-0.2, -0.15) is 0 Å². The topological polar surface area (TPSA) is 64.7 Å². The van der Waals surface area contributed by atoms with E-state index in [1.165, 1.54) is 16.8 Å². The van der Waals surface area contributed by atoms with Gasteiger partial charge in [0.2, 0.25) is 0 Å². The number of amides is 3. The smallest absolute Gasteiger partial charge is 0.317 e. The number of nitrogens with one attached hydrogen (secondary N) is 2. The van der Waals surface area contributed by atoms with Crippen molar-refractivity contribution in [1.29, 1.82) is 0 Å². The molecule has 5 rings (SSSR count). The van der Waals surface area contributed by atoms with Crippen LogP contribution in [-0.4, -0.2) is 43.5 Å². The molecule has 0 bridgehead atoms. The number of urea groups is 1. The molecule has 2 aliphatic heterocycles. The Kier molecular flexibility index (Phi) is 6.20. The number of carbonyl (C=O) groups excluding carboxylic acids is 2. The van der Waals surface area contributed by atoms with Gasteiger partial charge in [0.05, 0.1) is 6.04 Å². The summed E-state index contributed by atoms with van der Waals surface area (Å²) < 4.78 is 0. The molecule has 0 radical (unpaired) electrons. The van der Waals surface area contributed by atoms with Gasteiger partial charge in [-0.3, -0.25) is 4.79 Å². The predicted octanol–water partition coefficient (Wildman–Crippen LogP) is 5.39. The van der Waals surface area contributed by atoms with E-state index < -0.39 is 0 Å². The number of rotatable bonds is 3. The average molecular weight is 469 g/mol. The van der Waals surface area contributed by atoms with E-state index in [-0.39, 0.29) is 29.9 Å². The Balaban J connectivity index is 1.49. The molecule has 3 amide bonds. The van der Waals surface area contributed by atoms with Gasteiger partial charge in [-0.15, -0.1) is 0 Å². The zero-order valence-electron chi connectivity index (χ0n) is 20.5. The Bertz CT molecular complexity index is 1240. The van der Waals surface area contributed by atoms with Crippen molar-refractivity contribution in [2.45, 2.75) is 37.8 Å². The SMILES string of the molecule is C[C@@H]1c2ccccc2[C@H]2C[C@H](NC(=O)N(C)C)CCN2c2ccc(C(=O)Nc3ccccc3)cc21. The lowest BCUT2D eigenvalue weighted by atomic mass is 9.86. The zero-order chi connectivity index (χ0) is 24.5. The molecule has 3 aromatic rings. The van der Waals surface area contributed by atoms with Gasteiger partial charge in [0.25, 0.3) is 5.91 Å². The number of hydrogen-bond acceptors (Lipinski definition) is 3. The van der Waals surface area contributed by atoms with Crippen LogP contribution in [0.5, 0.6) is 0 Å². The molecule has 0 unspecified atom stereocenters. The van der Waals surface area contributed by atoms with Gasteiger partial charge in [0.1, 0.15) is 0 Å². The van der Waals surface area contributed by atoms with Crippen LogP contribution < -0.4 is 15.5 Å². The highest BCUT2D eigenvalue weighted by molar-refractivity contribution is 6.04. The molecule has 6 nitrogen and oxygen atoms in total. The second-order valence-electron chi connectivity index (χ2n) is 9.72. The summed E-state index contributed by atoms with van der Waals surface area (Å²) in [7, 11) is 3.55. The van der Waals surface area contributed by atoms with Crippen molar-refractivity contribution >= 4 is 23.3 Å². The highest BCUT2D eigenvalue weighted by Gasteiger charge is 2.37. The van der Waals surface area contributed by atoms with Crippen molar-refractivity contribution in [3.05, 3.63) is 95.1 Å². The Morgan fingerprint density at radius 3 is 2.37 bits per heavy atom. The minimum absolute atomic E-state index is 0.0480. The number of carbonyl (C=O) groups is 2. The first kappa shape index (κ1) is 23.0. The fraction of sp³-hybridized carbons (Fsp3) is 0.310. The molecule has 35 heavy (non-hydrogen) atoms. The van der Waals surface area contributed by atoms with Gasteiger partial charge >= 0.3 is 6.03 Å². The second-order valence-corrected chi connectivity index (χ2v) is 9.72. The first-order valence-electron chi connectivity index (χ1n) is 12.3. The number of benzene rings is 3. The van der Waals surface area contributed by atoms with E-state index in [1.807, 2.05) is 36.4 Å². The molecule has 0 aliphatic carbocycles. The first-order valence-corrected chi connectivity index (χ1v) is 12.3. The molecule has 0 saturated carbocycles. The molecule has 6 heteroatoms. The van der Waals surface area contributed by atoms with Crippen LogP contribution in [0.25, 0.3) is 0 Å². The lowest BCUT2D eigenvalue weighted by Gasteiger charge is -2.41. The molecule has 2 N–H and O–H groups in total. The van der Waals surface area contributed by atoms with Gasteiger partial charge in [-0.25, -0.2) is 4.79 Å². The normalized spacial score (nSPS) is 20.5. The minimum atomic E-state index is -0.106. The Labute approximate surface area is 206 Å². The van der Waals surface area contributed by atoms with Crippen LogP contribution in [0.3, 0.4) is 0 Å². The van der Waals surface area contributed by atoms with Crippen molar-refractivity contribution in [3.63, 3.8) is 0 Å². The number of para-hydroxylation sites is 1. The van der Waals surface area contributed by atoms with E-state index in [4.69, 9.17) is 0 Å². The van der Waals surface area contributed by atoms with Gasteiger partial charge in [0.15, 0.2) is 0 Å². The van der Waals surface area contributed by atoms with Crippen LogP contribution >= 0.6 is 0 Å². The Morgan fingerprint density at radius 2 is 1.63 bits per heavy atom. The number of fused-ring (bicyclic) bond motifs is 5. The Morgan fingerprint density at radius 1 is 0.914 bits per heavy atom. The fourth-order valence-corrected chi connectivity index (χ4v) is 5.39. The summed E-state index contributed by atoms with van der Waals surface area (Å²) in [5, 5.41) is 6.20. The molecule has 1 fully saturated rings. The lowest BCUT2D eigenvalue weighted by molar-refractivity contribution is 0.102. The van der Waals surface area contributed by atoms with Crippen LogP contribution in [-0.2, 0) is 0 Å². The van der Waals surface area contributed by atoms with Crippen molar-refractivity contribution < 1.29 is 9.59 Å². The third-order valence-corrected chi connectivity index (χ3v) is 7.26. The van der Waals surface area contributed by atoms with Crippen LogP contribution in [0.15, 0.2) is 72.8 Å². The Hall–Kier alpha value is -3.80. The maximum atomic E-state index is 13.1. The summed E-state index contributed by atoms with van der Waals surface area (Å²) in [4.78, 5) is 29.4. The van der Waals surface area contributed by atoms with E-state index >= 15 is 0 Å². The van der Waals surface area contributed by atoms with Gasteiger partial charge in [-0.05, 0) is 59.9 Å². The van der Waals surface area contributed by atoms with Crippen LogP contribution in [0.1, 0.15) is 58.8 Å². The molecule has 3 atom stereocenters. The fourth-order valence-electron chi connectivity index (χ4n) is 5.39. The van der Waals surface area contributed by atoms with Crippen LogP contribution in [0.2, 0.25) is 0 Å². The highest BCUT2D eigenvalue weighted by Crippen LogP contribution is 2.46.